The third-order valence-corrected chi connectivity index (χ3v) is 5.09. The molecule has 0 aliphatic carbocycles. The van der Waals surface area contributed by atoms with E-state index in [4.69, 9.17) is 4.42 Å². The predicted octanol–water partition coefficient (Wildman–Crippen LogP) is 1.43. The van der Waals surface area contributed by atoms with E-state index < -0.39 is 0 Å². The number of nitrogens with zero attached hydrogens (tertiary/aromatic N) is 5. The summed E-state index contributed by atoms with van der Waals surface area (Å²) in [6.07, 6.45) is 4.69. The molecule has 4 heterocycles. The lowest BCUT2D eigenvalue weighted by Gasteiger charge is -2.48. The fourth-order valence-electron chi connectivity index (χ4n) is 3.60. The second kappa shape index (κ2) is 6.91. The second-order valence-electron chi connectivity index (χ2n) is 6.72. The standard InChI is InChI=1S/C18H25N5O/c1-15-20-12-17(24-15)5-7-21-13-16(14-21)22-8-10-23(11-9-22)18-4-2-3-6-19-18/h2-4,6,12,16H,5,7-11,13-14H2,1H3. The predicted molar refractivity (Wildman–Crippen MR) is 93.2 cm³/mol. The average Bonchev–Trinajstić information content (AvgIpc) is 3.00. The lowest BCUT2D eigenvalue weighted by Crippen LogP contribution is -2.63. The van der Waals surface area contributed by atoms with Gasteiger partial charge in [-0.05, 0) is 12.1 Å². The van der Waals surface area contributed by atoms with E-state index in [2.05, 4.69) is 36.8 Å². The highest BCUT2D eigenvalue weighted by Crippen LogP contribution is 2.19. The molecular weight excluding hydrogens is 302 g/mol. The Morgan fingerprint density at radius 3 is 2.62 bits per heavy atom. The van der Waals surface area contributed by atoms with Gasteiger partial charge in [-0.1, -0.05) is 6.07 Å². The van der Waals surface area contributed by atoms with Gasteiger partial charge >= 0.3 is 0 Å². The Morgan fingerprint density at radius 2 is 1.96 bits per heavy atom. The van der Waals surface area contributed by atoms with Crippen LogP contribution in [0.4, 0.5) is 5.82 Å². The Hall–Kier alpha value is -1.92. The molecule has 0 bridgehead atoms. The summed E-state index contributed by atoms with van der Waals surface area (Å²) in [6.45, 7) is 9.74. The Balaban J connectivity index is 1.18. The number of pyridine rings is 1. The van der Waals surface area contributed by atoms with Crippen LogP contribution in [0.2, 0.25) is 0 Å². The van der Waals surface area contributed by atoms with Crippen molar-refractivity contribution in [2.75, 3.05) is 50.7 Å². The van der Waals surface area contributed by atoms with Crippen molar-refractivity contribution >= 4 is 5.82 Å². The van der Waals surface area contributed by atoms with Crippen molar-refractivity contribution in [3.8, 4) is 0 Å². The zero-order valence-corrected chi connectivity index (χ0v) is 14.3. The maximum atomic E-state index is 5.54. The largest absolute Gasteiger partial charge is 0.446 e. The first-order chi connectivity index (χ1) is 11.8. The van der Waals surface area contributed by atoms with Crippen LogP contribution < -0.4 is 4.90 Å². The number of hydrogen-bond donors (Lipinski definition) is 0. The maximum Gasteiger partial charge on any atom is 0.191 e. The molecule has 6 nitrogen and oxygen atoms in total. The SMILES string of the molecule is Cc1ncc(CCN2CC(N3CCN(c4ccccn4)CC3)C2)o1. The molecule has 0 radical (unpaired) electrons. The molecule has 2 aliphatic heterocycles. The minimum atomic E-state index is 0.715. The van der Waals surface area contributed by atoms with E-state index in [0.717, 1.165) is 56.6 Å². The van der Waals surface area contributed by atoms with Crippen LogP contribution in [0.15, 0.2) is 35.0 Å². The highest BCUT2D eigenvalue weighted by atomic mass is 16.3. The minimum absolute atomic E-state index is 0.715. The lowest BCUT2D eigenvalue weighted by atomic mass is 10.1. The van der Waals surface area contributed by atoms with E-state index >= 15 is 0 Å². The molecule has 0 N–H and O–H groups in total. The van der Waals surface area contributed by atoms with Crippen molar-refractivity contribution in [3.05, 3.63) is 42.2 Å². The van der Waals surface area contributed by atoms with Crippen LogP contribution in [0.25, 0.3) is 0 Å². The zero-order valence-electron chi connectivity index (χ0n) is 14.3. The third-order valence-electron chi connectivity index (χ3n) is 5.09. The second-order valence-corrected chi connectivity index (χ2v) is 6.72. The van der Waals surface area contributed by atoms with Crippen molar-refractivity contribution in [2.24, 2.45) is 0 Å². The van der Waals surface area contributed by atoms with Crippen LogP contribution in [0.5, 0.6) is 0 Å². The van der Waals surface area contributed by atoms with Crippen LogP contribution >= 0.6 is 0 Å². The third kappa shape index (κ3) is 3.44. The van der Waals surface area contributed by atoms with Crippen LogP contribution in [0, 0.1) is 6.92 Å². The van der Waals surface area contributed by atoms with Gasteiger partial charge in [-0.3, -0.25) is 9.80 Å². The summed E-state index contributed by atoms with van der Waals surface area (Å²) < 4.78 is 5.54. The van der Waals surface area contributed by atoms with Crippen LogP contribution in [0.3, 0.4) is 0 Å². The Bertz CT molecular complexity index is 644. The number of piperazine rings is 1. The average molecular weight is 327 g/mol. The number of hydrogen-bond acceptors (Lipinski definition) is 6. The summed E-state index contributed by atoms with van der Waals surface area (Å²) in [5.41, 5.74) is 0. The first-order valence-electron chi connectivity index (χ1n) is 8.81. The van der Waals surface area contributed by atoms with Gasteiger partial charge in [0.2, 0.25) is 0 Å². The fraction of sp³-hybridized carbons (Fsp3) is 0.556. The molecule has 0 amide bonds. The molecule has 2 aromatic rings. The van der Waals surface area contributed by atoms with E-state index in [9.17, 15) is 0 Å². The highest BCUT2D eigenvalue weighted by molar-refractivity contribution is 5.38. The Labute approximate surface area is 143 Å². The quantitative estimate of drug-likeness (QED) is 0.828. The minimum Gasteiger partial charge on any atom is -0.446 e. The van der Waals surface area contributed by atoms with E-state index in [1.165, 1.54) is 13.1 Å². The number of likely N-dealkylation sites (tertiary alicyclic amines) is 1. The molecule has 24 heavy (non-hydrogen) atoms. The highest BCUT2D eigenvalue weighted by Gasteiger charge is 2.33. The normalized spacial score (nSPS) is 20.3. The van der Waals surface area contributed by atoms with Gasteiger partial charge in [0.15, 0.2) is 5.89 Å². The van der Waals surface area contributed by atoms with E-state index in [0.29, 0.717) is 6.04 Å². The molecule has 2 fully saturated rings. The van der Waals surface area contributed by atoms with Crippen LogP contribution in [0.1, 0.15) is 11.7 Å². The summed E-state index contributed by atoms with van der Waals surface area (Å²) in [5, 5.41) is 0. The van der Waals surface area contributed by atoms with Gasteiger partial charge < -0.3 is 9.32 Å². The smallest absolute Gasteiger partial charge is 0.191 e. The van der Waals surface area contributed by atoms with Crippen molar-refractivity contribution in [1.29, 1.82) is 0 Å². The number of aryl methyl sites for hydroxylation is 1. The first kappa shape index (κ1) is 15.6. The van der Waals surface area contributed by atoms with E-state index in [1.54, 1.807) is 0 Å². The van der Waals surface area contributed by atoms with Gasteiger partial charge in [0.25, 0.3) is 0 Å². The molecule has 6 heteroatoms. The number of anilines is 1. The lowest BCUT2D eigenvalue weighted by molar-refractivity contribution is 0.0308. The number of oxazole rings is 1. The summed E-state index contributed by atoms with van der Waals surface area (Å²) >= 11 is 0. The topological polar surface area (TPSA) is 48.6 Å². The summed E-state index contributed by atoms with van der Waals surface area (Å²) in [7, 11) is 0. The Morgan fingerprint density at radius 1 is 1.12 bits per heavy atom. The van der Waals surface area contributed by atoms with Gasteiger partial charge in [-0.2, -0.15) is 0 Å². The maximum absolute atomic E-state index is 5.54. The van der Waals surface area contributed by atoms with Gasteiger partial charge in [0.1, 0.15) is 11.6 Å². The molecule has 4 rings (SSSR count). The summed E-state index contributed by atoms with van der Waals surface area (Å²) in [4.78, 5) is 16.1. The summed E-state index contributed by atoms with van der Waals surface area (Å²) in [5.74, 6) is 2.87. The Kier molecular flexibility index (Phi) is 4.49. The van der Waals surface area contributed by atoms with Gasteiger partial charge in [-0.15, -0.1) is 0 Å². The van der Waals surface area contributed by atoms with Crippen molar-refractivity contribution in [3.63, 3.8) is 0 Å². The molecule has 0 atom stereocenters. The molecule has 128 valence electrons. The van der Waals surface area contributed by atoms with E-state index in [1.807, 2.05) is 25.4 Å². The summed E-state index contributed by atoms with van der Waals surface area (Å²) in [6, 6.07) is 6.86. The van der Waals surface area contributed by atoms with Crippen LogP contribution in [-0.2, 0) is 6.42 Å². The molecule has 0 saturated carbocycles. The zero-order chi connectivity index (χ0) is 16.4. The molecular formula is C18H25N5O. The van der Waals surface area contributed by atoms with Crippen molar-refractivity contribution in [2.45, 2.75) is 19.4 Å². The van der Waals surface area contributed by atoms with Crippen molar-refractivity contribution in [1.82, 2.24) is 19.8 Å². The van der Waals surface area contributed by atoms with Crippen LogP contribution in [-0.4, -0.2) is 71.6 Å². The molecule has 2 aromatic heterocycles. The van der Waals surface area contributed by atoms with Gasteiger partial charge in [0, 0.05) is 71.4 Å². The molecule has 0 aromatic carbocycles. The van der Waals surface area contributed by atoms with Gasteiger partial charge in [-0.25, -0.2) is 9.97 Å². The fourth-order valence-corrected chi connectivity index (χ4v) is 3.60. The van der Waals surface area contributed by atoms with Crippen molar-refractivity contribution < 1.29 is 4.42 Å². The molecule has 0 spiro atoms. The first-order valence-corrected chi connectivity index (χ1v) is 8.81. The van der Waals surface area contributed by atoms with E-state index in [-0.39, 0.29) is 0 Å². The number of rotatable bonds is 5. The molecule has 2 aliphatic rings. The molecule has 0 unspecified atom stereocenters. The molecule has 2 saturated heterocycles. The monoisotopic (exact) mass is 327 g/mol. The number of aromatic nitrogens is 2. The van der Waals surface area contributed by atoms with Gasteiger partial charge in [0.05, 0.1) is 6.20 Å².